The van der Waals surface area contributed by atoms with E-state index in [1.165, 1.54) is 19.3 Å². The monoisotopic (exact) mass is 403 g/mol. The van der Waals surface area contributed by atoms with Gasteiger partial charge in [-0.05, 0) is 57.3 Å². The topological polar surface area (TPSA) is 77.7 Å². The van der Waals surface area contributed by atoms with Crippen LogP contribution in [0.25, 0.3) is 0 Å². The Bertz CT molecular complexity index is 703. The van der Waals surface area contributed by atoms with Gasteiger partial charge in [0.05, 0.1) is 5.60 Å². The first-order chi connectivity index (χ1) is 14.2. The second-order valence-corrected chi connectivity index (χ2v) is 9.48. The number of rotatable bonds is 4. The largest absolute Gasteiger partial charge is 0.381 e. The van der Waals surface area contributed by atoms with Gasteiger partial charge < -0.3 is 18.9 Å². The van der Waals surface area contributed by atoms with Crippen molar-refractivity contribution in [2.45, 2.75) is 75.7 Å². The Balaban J connectivity index is 1.14. The maximum Gasteiger partial charge on any atom is 0.229 e. The number of ether oxygens (including phenoxy) is 2. The van der Waals surface area contributed by atoms with Crippen LogP contribution in [0.4, 0.5) is 0 Å². The standard InChI is InChI=1S/C22H33N3O4/c26-21(18-5-11-27-12-6-18)25-9-7-22(8-10-25)15-16(4-13-28-22)14-19-23-20(29-24-19)17-2-1-3-17/h16-18H,1-15H2. The molecule has 3 aliphatic heterocycles. The van der Waals surface area contributed by atoms with Crippen LogP contribution >= 0.6 is 0 Å². The average molecular weight is 404 g/mol. The van der Waals surface area contributed by atoms with Gasteiger partial charge in [-0.2, -0.15) is 4.98 Å². The number of hydrogen-bond donors (Lipinski definition) is 0. The lowest BCUT2D eigenvalue weighted by Gasteiger charge is -2.46. The highest BCUT2D eigenvalue weighted by Crippen LogP contribution is 2.40. The summed E-state index contributed by atoms with van der Waals surface area (Å²) in [6, 6.07) is 0. The van der Waals surface area contributed by atoms with E-state index >= 15 is 0 Å². The van der Waals surface area contributed by atoms with E-state index in [1.807, 2.05) is 0 Å². The van der Waals surface area contributed by atoms with Crippen LogP contribution in [0.15, 0.2) is 4.52 Å². The zero-order valence-corrected chi connectivity index (χ0v) is 17.3. The van der Waals surface area contributed by atoms with Crippen molar-refractivity contribution in [3.63, 3.8) is 0 Å². The summed E-state index contributed by atoms with van der Waals surface area (Å²) in [5, 5.41) is 4.24. The molecule has 1 aliphatic carbocycles. The van der Waals surface area contributed by atoms with Crippen LogP contribution in [-0.2, 0) is 20.7 Å². The van der Waals surface area contributed by atoms with E-state index in [2.05, 4.69) is 15.0 Å². The molecule has 160 valence electrons. The summed E-state index contributed by atoms with van der Waals surface area (Å²) < 4.78 is 17.2. The third-order valence-corrected chi connectivity index (χ3v) is 7.56. The minimum atomic E-state index is -0.0735. The van der Waals surface area contributed by atoms with Crippen molar-refractivity contribution in [2.24, 2.45) is 11.8 Å². The molecule has 1 aromatic heterocycles. The lowest BCUT2D eigenvalue weighted by molar-refractivity contribution is -0.152. The molecule has 3 saturated heterocycles. The van der Waals surface area contributed by atoms with Crippen LogP contribution in [0.3, 0.4) is 0 Å². The molecule has 1 spiro atoms. The van der Waals surface area contributed by atoms with E-state index < -0.39 is 0 Å². The zero-order valence-electron chi connectivity index (χ0n) is 17.3. The normalized spacial score (nSPS) is 28.4. The summed E-state index contributed by atoms with van der Waals surface area (Å²) >= 11 is 0. The number of amides is 1. The lowest BCUT2D eigenvalue weighted by atomic mass is 9.78. The molecule has 4 fully saturated rings. The van der Waals surface area contributed by atoms with Gasteiger partial charge in [-0.25, -0.2) is 0 Å². The molecule has 1 unspecified atom stereocenters. The molecule has 1 amide bonds. The number of likely N-dealkylation sites (tertiary alicyclic amines) is 1. The van der Waals surface area contributed by atoms with Gasteiger partial charge in [0.2, 0.25) is 11.8 Å². The third kappa shape index (κ3) is 4.22. The minimum absolute atomic E-state index is 0.0735. The fraction of sp³-hybridized carbons (Fsp3) is 0.864. The number of piperidine rings is 1. The minimum Gasteiger partial charge on any atom is -0.381 e. The zero-order chi connectivity index (χ0) is 19.7. The highest BCUT2D eigenvalue weighted by Gasteiger charge is 2.42. The molecule has 29 heavy (non-hydrogen) atoms. The summed E-state index contributed by atoms with van der Waals surface area (Å²) in [4.78, 5) is 19.6. The number of nitrogens with zero attached hydrogens (tertiary/aromatic N) is 3. The van der Waals surface area contributed by atoms with Gasteiger partial charge in [0, 0.05) is 51.2 Å². The molecule has 4 heterocycles. The van der Waals surface area contributed by atoms with Gasteiger partial charge in [0.25, 0.3) is 0 Å². The Labute approximate surface area is 172 Å². The molecule has 1 saturated carbocycles. The number of carbonyl (C=O) groups excluding carboxylic acids is 1. The smallest absolute Gasteiger partial charge is 0.229 e. The summed E-state index contributed by atoms with van der Waals surface area (Å²) in [6.45, 7) is 3.87. The highest BCUT2D eigenvalue weighted by molar-refractivity contribution is 5.79. The van der Waals surface area contributed by atoms with Gasteiger partial charge in [-0.3, -0.25) is 4.79 Å². The first-order valence-electron chi connectivity index (χ1n) is 11.5. The summed E-state index contributed by atoms with van der Waals surface area (Å²) in [6.07, 6.45) is 10.2. The molecule has 7 heteroatoms. The quantitative estimate of drug-likeness (QED) is 0.769. The summed E-state index contributed by atoms with van der Waals surface area (Å²) in [5.41, 5.74) is -0.0735. The Morgan fingerprint density at radius 2 is 1.86 bits per heavy atom. The number of carbonyl (C=O) groups is 1. The van der Waals surface area contributed by atoms with Crippen molar-refractivity contribution < 1.29 is 18.8 Å². The van der Waals surface area contributed by atoms with Crippen molar-refractivity contribution in [3.05, 3.63) is 11.7 Å². The van der Waals surface area contributed by atoms with E-state index in [0.717, 1.165) is 89.6 Å². The fourth-order valence-corrected chi connectivity index (χ4v) is 5.42. The van der Waals surface area contributed by atoms with Crippen LogP contribution < -0.4 is 0 Å². The van der Waals surface area contributed by atoms with Gasteiger partial charge in [-0.15, -0.1) is 0 Å². The van der Waals surface area contributed by atoms with E-state index in [-0.39, 0.29) is 11.5 Å². The Morgan fingerprint density at radius 3 is 2.59 bits per heavy atom. The van der Waals surface area contributed by atoms with Gasteiger partial charge in [0.1, 0.15) is 0 Å². The predicted molar refractivity (Wildman–Crippen MR) is 105 cm³/mol. The van der Waals surface area contributed by atoms with Crippen LogP contribution in [0.2, 0.25) is 0 Å². The molecule has 7 nitrogen and oxygen atoms in total. The maximum atomic E-state index is 12.8. The van der Waals surface area contributed by atoms with Crippen molar-refractivity contribution in [1.29, 1.82) is 0 Å². The highest BCUT2D eigenvalue weighted by atomic mass is 16.5. The van der Waals surface area contributed by atoms with Crippen molar-refractivity contribution in [2.75, 3.05) is 32.9 Å². The Morgan fingerprint density at radius 1 is 1.07 bits per heavy atom. The maximum absolute atomic E-state index is 12.8. The molecule has 1 aromatic rings. The summed E-state index contributed by atoms with van der Waals surface area (Å²) in [7, 11) is 0. The molecule has 1 atom stereocenters. The van der Waals surface area contributed by atoms with Gasteiger partial charge >= 0.3 is 0 Å². The fourth-order valence-electron chi connectivity index (χ4n) is 5.42. The predicted octanol–water partition coefficient (Wildman–Crippen LogP) is 3.09. The van der Waals surface area contributed by atoms with E-state index in [4.69, 9.17) is 14.0 Å². The van der Waals surface area contributed by atoms with E-state index in [9.17, 15) is 4.79 Å². The van der Waals surface area contributed by atoms with Gasteiger partial charge in [-0.1, -0.05) is 11.6 Å². The lowest BCUT2D eigenvalue weighted by Crippen LogP contribution is -2.52. The van der Waals surface area contributed by atoms with Crippen molar-refractivity contribution in [3.8, 4) is 0 Å². The van der Waals surface area contributed by atoms with Gasteiger partial charge in [0.15, 0.2) is 5.82 Å². The second kappa shape index (κ2) is 8.34. The SMILES string of the molecule is O=C(C1CCOCC1)N1CCC2(CC1)CC(Cc1noc(C3CCC3)n1)CCO2. The molecule has 0 bridgehead atoms. The molecule has 4 aliphatic rings. The molecule has 0 aromatic carbocycles. The molecule has 0 N–H and O–H groups in total. The first kappa shape index (κ1) is 19.5. The van der Waals surface area contributed by atoms with Crippen molar-refractivity contribution in [1.82, 2.24) is 15.0 Å². The Hall–Kier alpha value is -1.47. The number of aromatic nitrogens is 2. The molecular formula is C22H33N3O4. The molecular weight excluding hydrogens is 370 g/mol. The van der Waals surface area contributed by atoms with Crippen LogP contribution in [0.5, 0.6) is 0 Å². The van der Waals surface area contributed by atoms with Crippen molar-refractivity contribution >= 4 is 5.91 Å². The summed E-state index contributed by atoms with van der Waals surface area (Å²) in [5.74, 6) is 3.21. The third-order valence-electron chi connectivity index (χ3n) is 7.56. The molecule has 5 rings (SSSR count). The Kier molecular flexibility index (Phi) is 5.61. The van der Waals surface area contributed by atoms with Crippen LogP contribution in [0, 0.1) is 11.8 Å². The second-order valence-electron chi connectivity index (χ2n) is 9.48. The number of hydrogen-bond acceptors (Lipinski definition) is 6. The van der Waals surface area contributed by atoms with Crippen LogP contribution in [0.1, 0.15) is 75.4 Å². The molecule has 0 radical (unpaired) electrons. The average Bonchev–Trinajstić information content (AvgIpc) is 3.15. The van der Waals surface area contributed by atoms with E-state index in [0.29, 0.717) is 17.7 Å². The first-order valence-corrected chi connectivity index (χ1v) is 11.5. The van der Waals surface area contributed by atoms with Crippen LogP contribution in [-0.4, -0.2) is 59.5 Å². The van der Waals surface area contributed by atoms with E-state index in [1.54, 1.807) is 0 Å².